The second-order valence-electron chi connectivity index (χ2n) is 7.37. The zero-order chi connectivity index (χ0) is 20.2. The van der Waals surface area contributed by atoms with E-state index in [1.54, 1.807) is 0 Å². The van der Waals surface area contributed by atoms with E-state index in [1.807, 2.05) is 0 Å². The van der Waals surface area contributed by atoms with Gasteiger partial charge in [-0.3, -0.25) is 0 Å². The number of nitrogens with zero attached hydrogens (tertiary/aromatic N) is 4. The minimum absolute atomic E-state index is 0.105. The molecule has 4 atom stereocenters. The van der Waals surface area contributed by atoms with E-state index < -0.39 is 13.5 Å². The van der Waals surface area contributed by atoms with Crippen LogP contribution in [-0.4, -0.2) is 69.1 Å². The second kappa shape index (κ2) is 9.55. The van der Waals surface area contributed by atoms with Crippen molar-refractivity contribution >= 4 is 0 Å². The molecule has 0 spiro atoms. The Bertz CT molecular complexity index is 484. The molecule has 7 heteroatoms. The predicted octanol–water partition coefficient (Wildman–Crippen LogP) is 3.64. The van der Waals surface area contributed by atoms with Gasteiger partial charge >= 0.3 is 169 Å². The summed E-state index contributed by atoms with van der Waals surface area (Å²) in [7, 11) is 4.30. The van der Waals surface area contributed by atoms with E-state index in [0.29, 0.717) is 0 Å². The SMILES string of the molecule is CCC(C)[O][Mn]([O]C(C)CC)([CH]1N(C)C=CN1CC)[CH]1N(C)C=CN1CC. The molecule has 2 heterocycles. The third-order valence-electron chi connectivity index (χ3n) is 5.21. The van der Waals surface area contributed by atoms with Crippen molar-refractivity contribution in [3.05, 3.63) is 24.8 Å². The quantitative estimate of drug-likeness (QED) is 0.499. The van der Waals surface area contributed by atoms with Crippen LogP contribution in [0.3, 0.4) is 0 Å². The average Bonchev–Trinajstić information content (AvgIpc) is 3.23. The molecule has 0 aromatic rings. The summed E-state index contributed by atoms with van der Waals surface area (Å²) in [4.78, 5) is 9.36. The predicted molar refractivity (Wildman–Crippen MR) is 108 cm³/mol. The van der Waals surface area contributed by atoms with Gasteiger partial charge in [-0.05, 0) is 0 Å². The Kier molecular flexibility index (Phi) is 7.93. The first-order valence-corrected chi connectivity index (χ1v) is 12.6. The molecular weight excluding hydrogens is 383 g/mol. The fraction of sp³-hybridized carbons (Fsp3) is 0.800. The van der Waals surface area contributed by atoms with Crippen LogP contribution in [-0.2, 0) is 21.1 Å². The van der Waals surface area contributed by atoms with Gasteiger partial charge in [-0.2, -0.15) is 0 Å². The molecular formula is C20H40MnN4O2. The van der Waals surface area contributed by atoms with Gasteiger partial charge in [0.15, 0.2) is 0 Å². The minimum atomic E-state index is -2.84. The Morgan fingerprint density at radius 3 is 1.41 bits per heavy atom. The fourth-order valence-corrected chi connectivity index (χ4v) is 9.43. The summed E-state index contributed by atoms with van der Waals surface area (Å²) in [5.74, 6) is 0. The van der Waals surface area contributed by atoms with Crippen LogP contribution in [0, 0.1) is 0 Å². The van der Waals surface area contributed by atoms with E-state index in [2.05, 4.69) is 100 Å². The average molecular weight is 424 g/mol. The first-order chi connectivity index (χ1) is 12.8. The Morgan fingerprint density at radius 2 is 1.11 bits per heavy atom. The van der Waals surface area contributed by atoms with Crippen LogP contribution in [0.5, 0.6) is 0 Å². The standard InChI is InChI=1S/2C6H11N2.2C4H9O.Mn/c2*1-3-8-5-4-7(2)6-8;2*1-3-4(2)5;/h2*4-6H,3H2,1-2H3;2*4H,3H2,1-2H3;/q;;2*-1;+2. The van der Waals surface area contributed by atoms with Crippen molar-refractivity contribution in [3.63, 3.8) is 0 Å². The van der Waals surface area contributed by atoms with E-state index in [4.69, 9.17) is 7.64 Å². The monoisotopic (exact) mass is 423 g/mol. The molecule has 0 saturated heterocycles. The normalized spacial score (nSPS) is 28.0. The molecule has 0 N–H and O–H groups in total. The van der Waals surface area contributed by atoms with E-state index in [0.717, 1.165) is 25.9 Å². The first-order valence-electron chi connectivity index (χ1n) is 10.3. The summed E-state index contributed by atoms with van der Waals surface area (Å²) in [5, 5.41) is 0.211. The molecule has 159 valence electrons. The number of rotatable bonds is 10. The van der Waals surface area contributed by atoms with Crippen LogP contribution in [0.25, 0.3) is 0 Å². The van der Waals surface area contributed by atoms with Crippen molar-refractivity contribution in [3.8, 4) is 0 Å². The Morgan fingerprint density at radius 1 is 0.741 bits per heavy atom. The first kappa shape index (κ1) is 22.4. The molecule has 2 rings (SSSR count). The van der Waals surface area contributed by atoms with Gasteiger partial charge in [0.2, 0.25) is 0 Å². The topological polar surface area (TPSA) is 31.4 Å². The maximum atomic E-state index is 7.00. The van der Waals surface area contributed by atoms with E-state index in [-0.39, 0.29) is 22.3 Å². The van der Waals surface area contributed by atoms with Crippen LogP contribution in [0.1, 0.15) is 54.4 Å². The molecule has 0 amide bonds. The third kappa shape index (κ3) is 4.42. The maximum absolute atomic E-state index is 7.00. The molecule has 0 aromatic carbocycles. The van der Waals surface area contributed by atoms with Gasteiger partial charge in [-0.1, -0.05) is 0 Å². The molecule has 0 aromatic heterocycles. The van der Waals surface area contributed by atoms with Gasteiger partial charge in [-0.15, -0.1) is 0 Å². The van der Waals surface area contributed by atoms with Gasteiger partial charge < -0.3 is 0 Å². The van der Waals surface area contributed by atoms with Gasteiger partial charge in [0.1, 0.15) is 0 Å². The van der Waals surface area contributed by atoms with E-state index in [1.165, 1.54) is 0 Å². The third-order valence-corrected chi connectivity index (χ3v) is 10.5. The van der Waals surface area contributed by atoms with Crippen LogP contribution in [0.15, 0.2) is 24.8 Å². The molecule has 0 radical (unpaired) electrons. The van der Waals surface area contributed by atoms with E-state index >= 15 is 0 Å². The summed E-state index contributed by atoms with van der Waals surface area (Å²) < 4.78 is 14.0. The molecule has 2 aliphatic rings. The van der Waals surface area contributed by atoms with Gasteiger partial charge in [0, 0.05) is 0 Å². The van der Waals surface area contributed by atoms with Crippen molar-refractivity contribution in [2.45, 2.75) is 76.7 Å². The molecule has 0 fully saturated rings. The molecule has 27 heavy (non-hydrogen) atoms. The van der Waals surface area contributed by atoms with Crippen molar-refractivity contribution in [2.24, 2.45) is 0 Å². The number of hydrogen-bond donors (Lipinski definition) is 0. The molecule has 0 aliphatic carbocycles. The second-order valence-corrected chi connectivity index (χ2v) is 10.8. The zero-order valence-corrected chi connectivity index (χ0v) is 19.6. The molecule has 2 aliphatic heterocycles. The molecule has 0 saturated carbocycles. The van der Waals surface area contributed by atoms with Crippen LogP contribution < -0.4 is 0 Å². The van der Waals surface area contributed by atoms with Crippen molar-refractivity contribution in [2.75, 3.05) is 27.2 Å². The Labute approximate surface area is 169 Å². The Hall–Kier alpha value is -0.881. The van der Waals surface area contributed by atoms with Crippen LogP contribution >= 0.6 is 0 Å². The Balaban J connectivity index is 2.58. The summed E-state index contributed by atoms with van der Waals surface area (Å²) in [6.45, 7) is 15.0. The summed E-state index contributed by atoms with van der Waals surface area (Å²) in [6.07, 6.45) is 11.0. The number of hydrogen-bond acceptors (Lipinski definition) is 6. The fourth-order valence-electron chi connectivity index (χ4n) is 3.33. The van der Waals surface area contributed by atoms with E-state index in [9.17, 15) is 0 Å². The van der Waals surface area contributed by atoms with Crippen molar-refractivity contribution in [1.29, 1.82) is 0 Å². The van der Waals surface area contributed by atoms with Gasteiger partial charge in [0.05, 0.1) is 0 Å². The van der Waals surface area contributed by atoms with Gasteiger partial charge in [0.25, 0.3) is 0 Å². The van der Waals surface area contributed by atoms with Crippen LogP contribution in [0.2, 0.25) is 0 Å². The zero-order valence-electron chi connectivity index (χ0n) is 18.4. The summed E-state index contributed by atoms with van der Waals surface area (Å²) >= 11 is -2.84. The van der Waals surface area contributed by atoms with Crippen LogP contribution in [0.4, 0.5) is 0 Å². The summed E-state index contributed by atoms with van der Waals surface area (Å²) in [6, 6.07) is 0. The van der Waals surface area contributed by atoms with Gasteiger partial charge in [-0.25, -0.2) is 0 Å². The molecule has 6 nitrogen and oxygen atoms in total. The molecule has 4 unspecified atom stereocenters. The van der Waals surface area contributed by atoms with Crippen molar-refractivity contribution in [1.82, 2.24) is 19.6 Å². The summed E-state index contributed by atoms with van der Waals surface area (Å²) in [5.41, 5.74) is 0. The van der Waals surface area contributed by atoms with Crippen molar-refractivity contribution < 1.29 is 21.1 Å². The molecule has 0 bridgehead atoms.